The molecule has 0 saturated carbocycles. The average Bonchev–Trinajstić information content (AvgIpc) is 2.97. The predicted molar refractivity (Wildman–Crippen MR) is 150 cm³/mol. The molecule has 39 heavy (non-hydrogen) atoms. The van der Waals surface area contributed by atoms with Crippen molar-refractivity contribution in [1.82, 2.24) is 10.2 Å². The van der Waals surface area contributed by atoms with Crippen LogP contribution in [0.25, 0.3) is 0 Å². The molecule has 0 heterocycles. The summed E-state index contributed by atoms with van der Waals surface area (Å²) >= 11 is 0. The quantitative estimate of drug-likeness (QED) is 0.345. The number of nitrogens with zero attached hydrogens (tertiary/aromatic N) is 2. The van der Waals surface area contributed by atoms with E-state index in [2.05, 4.69) is 5.32 Å². The van der Waals surface area contributed by atoms with Crippen molar-refractivity contribution in [3.8, 4) is 11.5 Å². The van der Waals surface area contributed by atoms with Gasteiger partial charge in [0, 0.05) is 13.1 Å². The molecule has 0 bridgehead atoms. The molecule has 10 heteroatoms. The molecule has 0 aliphatic rings. The van der Waals surface area contributed by atoms with Crippen LogP contribution in [-0.2, 0) is 26.2 Å². The van der Waals surface area contributed by atoms with Gasteiger partial charge in [0.2, 0.25) is 11.8 Å². The van der Waals surface area contributed by atoms with E-state index in [1.165, 1.54) is 43.4 Å². The molecule has 0 saturated heterocycles. The monoisotopic (exact) mass is 553 g/mol. The van der Waals surface area contributed by atoms with Crippen molar-refractivity contribution in [2.45, 2.75) is 37.8 Å². The van der Waals surface area contributed by atoms with Gasteiger partial charge in [-0.15, -0.1) is 0 Å². The highest BCUT2D eigenvalue weighted by Crippen LogP contribution is 2.33. The van der Waals surface area contributed by atoms with Gasteiger partial charge in [-0.1, -0.05) is 49.4 Å². The standard InChI is InChI=1S/C29H35N3O6S/c1-5-19-30-29(34)22(2)31(20-23-11-7-6-8-12-23)28(33)21-32(26-13-9-10-14-27(26)38-4)39(35,36)25-17-15-24(37-3)16-18-25/h6-18,22H,5,19-21H2,1-4H3,(H,30,34)/t22-/m1/s1. The summed E-state index contributed by atoms with van der Waals surface area (Å²) in [6, 6.07) is 20.9. The van der Waals surface area contributed by atoms with Crippen molar-refractivity contribution < 1.29 is 27.5 Å². The van der Waals surface area contributed by atoms with E-state index in [0.29, 0.717) is 12.3 Å². The number of sulfonamides is 1. The van der Waals surface area contributed by atoms with Crippen LogP contribution < -0.4 is 19.1 Å². The lowest BCUT2D eigenvalue weighted by Crippen LogP contribution is -2.51. The van der Waals surface area contributed by atoms with Gasteiger partial charge in [-0.3, -0.25) is 13.9 Å². The molecule has 2 amide bonds. The fraction of sp³-hybridized carbons (Fsp3) is 0.310. The first-order chi connectivity index (χ1) is 18.7. The summed E-state index contributed by atoms with van der Waals surface area (Å²) in [6.45, 7) is 3.62. The number of methoxy groups -OCH3 is 2. The molecule has 0 fully saturated rings. The smallest absolute Gasteiger partial charge is 0.264 e. The first-order valence-electron chi connectivity index (χ1n) is 12.6. The third-order valence-corrected chi connectivity index (χ3v) is 7.97. The maximum Gasteiger partial charge on any atom is 0.264 e. The number of carbonyl (C=O) groups is 2. The van der Waals surface area contributed by atoms with Crippen LogP contribution >= 0.6 is 0 Å². The number of hydrogen-bond acceptors (Lipinski definition) is 6. The van der Waals surface area contributed by atoms with Crippen molar-refractivity contribution in [1.29, 1.82) is 0 Å². The second kappa shape index (κ2) is 13.7. The molecule has 0 aliphatic heterocycles. The zero-order valence-corrected chi connectivity index (χ0v) is 23.5. The Labute approximate surface area is 230 Å². The number of benzene rings is 3. The minimum atomic E-state index is -4.22. The molecule has 208 valence electrons. The third kappa shape index (κ3) is 7.29. The first-order valence-corrected chi connectivity index (χ1v) is 14.1. The van der Waals surface area contributed by atoms with E-state index in [4.69, 9.17) is 9.47 Å². The van der Waals surface area contributed by atoms with Crippen LogP contribution in [0.5, 0.6) is 11.5 Å². The molecule has 9 nitrogen and oxygen atoms in total. The Kier molecular flexibility index (Phi) is 10.3. The van der Waals surface area contributed by atoms with Crippen molar-refractivity contribution in [3.05, 3.63) is 84.4 Å². The Hall–Kier alpha value is -4.05. The van der Waals surface area contributed by atoms with E-state index in [1.807, 2.05) is 37.3 Å². The lowest BCUT2D eigenvalue weighted by molar-refractivity contribution is -0.139. The minimum Gasteiger partial charge on any atom is -0.497 e. The second-order valence-corrected chi connectivity index (χ2v) is 10.7. The number of carbonyl (C=O) groups excluding carboxylic acids is 2. The van der Waals surface area contributed by atoms with Crippen molar-refractivity contribution in [2.24, 2.45) is 0 Å². The van der Waals surface area contributed by atoms with Crippen molar-refractivity contribution in [2.75, 3.05) is 31.6 Å². The van der Waals surface area contributed by atoms with Gasteiger partial charge in [-0.2, -0.15) is 0 Å². The normalized spacial score (nSPS) is 11.8. The SMILES string of the molecule is CCCNC(=O)[C@@H](C)N(Cc1ccccc1)C(=O)CN(c1ccccc1OC)S(=O)(=O)c1ccc(OC)cc1. The molecular weight excluding hydrogens is 518 g/mol. The van der Waals surface area contributed by atoms with E-state index in [0.717, 1.165) is 16.3 Å². The molecule has 0 aliphatic carbocycles. The van der Waals surface area contributed by atoms with E-state index in [9.17, 15) is 18.0 Å². The predicted octanol–water partition coefficient (Wildman–Crippen LogP) is 3.84. The Balaban J connectivity index is 2.04. The molecule has 3 aromatic carbocycles. The maximum absolute atomic E-state index is 13.9. The van der Waals surface area contributed by atoms with Crippen LogP contribution in [0.4, 0.5) is 5.69 Å². The van der Waals surface area contributed by atoms with Gasteiger partial charge in [-0.25, -0.2) is 8.42 Å². The van der Waals surface area contributed by atoms with Crippen LogP contribution in [0.3, 0.4) is 0 Å². The number of amides is 2. The highest BCUT2D eigenvalue weighted by atomic mass is 32.2. The highest BCUT2D eigenvalue weighted by molar-refractivity contribution is 7.92. The summed E-state index contributed by atoms with van der Waals surface area (Å²) < 4.78 is 39.5. The summed E-state index contributed by atoms with van der Waals surface area (Å²) in [5, 5.41) is 2.83. The largest absolute Gasteiger partial charge is 0.497 e. The fourth-order valence-corrected chi connectivity index (χ4v) is 5.41. The van der Waals surface area contributed by atoms with Gasteiger partial charge >= 0.3 is 0 Å². The summed E-state index contributed by atoms with van der Waals surface area (Å²) in [4.78, 5) is 28.2. The van der Waals surface area contributed by atoms with Gasteiger partial charge in [0.25, 0.3) is 10.0 Å². The number of nitrogens with one attached hydrogen (secondary N) is 1. The molecule has 3 aromatic rings. The molecule has 0 unspecified atom stereocenters. The van der Waals surface area contributed by atoms with Crippen LogP contribution in [0.1, 0.15) is 25.8 Å². The van der Waals surface area contributed by atoms with Crippen LogP contribution in [-0.4, -0.2) is 58.5 Å². The molecular formula is C29H35N3O6S. The number of rotatable bonds is 13. The number of hydrogen-bond donors (Lipinski definition) is 1. The van der Waals surface area contributed by atoms with Gasteiger partial charge in [-0.05, 0) is 55.3 Å². The van der Waals surface area contributed by atoms with E-state index in [-0.39, 0.29) is 28.8 Å². The third-order valence-electron chi connectivity index (χ3n) is 6.19. The number of para-hydroxylation sites is 2. The fourth-order valence-electron chi connectivity index (χ4n) is 3.98. The Morgan fingerprint density at radius 2 is 1.54 bits per heavy atom. The topological polar surface area (TPSA) is 105 Å². The molecule has 1 atom stereocenters. The molecule has 3 rings (SSSR count). The van der Waals surface area contributed by atoms with Crippen LogP contribution in [0.15, 0.2) is 83.8 Å². The average molecular weight is 554 g/mol. The first kappa shape index (κ1) is 29.5. The highest BCUT2D eigenvalue weighted by Gasteiger charge is 2.33. The number of ether oxygens (including phenoxy) is 2. The minimum absolute atomic E-state index is 0.0228. The van der Waals surface area contributed by atoms with Gasteiger partial charge in [0.05, 0.1) is 24.8 Å². The Morgan fingerprint density at radius 1 is 0.897 bits per heavy atom. The van der Waals surface area contributed by atoms with E-state index in [1.54, 1.807) is 31.2 Å². The van der Waals surface area contributed by atoms with Gasteiger partial charge < -0.3 is 19.7 Å². The van der Waals surface area contributed by atoms with Crippen molar-refractivity contribution in [3.63, 3.8) is 0 Å². The van der Waals surface area contributed by atoms with Crippen molar-refractivity contribution >= 4 is 27.5 Å². The molecule has 1 N–H and O–H groups in total. The zero-order valence-electron chi connectivity index (χ0n) is 22.7. The summed E-state index contributed by atoms with van der Waals surface area (Å²) in [5.41, 5.74) is 1.01. The van der Waals surface area contributed by atoms with Crippen LogP contribution in [0.2, 0.25) is 0 Å². The summed E-state index contributed by atoms with van der Waals surface area (Å²) in [7, 11) is -1.30. The lowest BCUT2D eigenvalue weighted by Gasteiger charge is -2.32. The van der Waals surface area contributed by atoms with E-state index >= 15 is 0 Å². The Morgan fingerprint density at radius 3 is 2.15 bits per heavy atom. The molecule has 0 spiro atoms. The van der Waals surface area contributed by atoms with Crippen LogP contribution in [0, 0.1) is 0 Å². The van der Waals surface area contributed by atoms with Gasteiger partial charge in [0.1, 0.15) is 24.1 Å². The second-order valence-electron chi connectivity index (χ2n) is 8.83. The summed E-state index contributed by atoms with van der Waals surface area (Å²) in [5.74, 6) is -0.0791. The lowest BCUT2D eigenvalue weighted by atomic mass is 10.1. The van der Waals surface area contributed by atoms with Gasteiger partial charge in [0.15, 0.2) is 0 Å². The Bertz CT molecular complexity index is 1350. The zero-order chi connectivity index (χ0) is 28.4. The maximum atomic E-state index is 13.9. The summed E-state index contributed by atoms with van der Waals surface area (Å²) in [6.07, 6.45) is 0.743. The number of anilines is 1. The molecule has 0 aromatic heterocycles. The molecule has 0 radical (unpaired) electrons. The van der Waals surface area contributed by atoms with E-state index < -0.39 is 28.5 Å².